The predicted molar refractivity (Wildman–Crippen MR) is 86.7 cm³/mol. The molecule has 0 bridgehead atoms. The smallest absolute Gasteiger partial charge is 0.273 e. The Labute approximate surface area is 133 Å². The van der Waals surface area contributed by atoms with Gasteiger partial charge in [0.15, 0.2) is 5.69 Å². The van der Waals surface area contributed by atoms with Crippen LogP contribution in [0, 0.1) is 5.41 Å². The van der Waals surface area contributed by atoms with E-state index in [1.807, 2.05) is 0 Å². The van der Waals surface area contributed by atoms with Gasteiger partial charge in [-0.1, -0.05) is 39.0 Å². The highest BCUT2D eigenvalue weighted by atomic mass is 16.2. The van der Waals surface area contributed by atoms with Crippen LogP contribution in [0.1, 0.15) is 38.2 Å². The number of nitrogens with zero attached hydrogens (tertiary/aromatic N) is 2. The fraction of sp³-hybridized carbons (Fsp3) is 0.375. The van der Waals surface area contributed by atoms with Gasteiger partial charge in [-0.05, 0) is 13.0 Å². The van der Waals surface area contributed by atoms with Crippen LogP contribution in [0.5, 0.6) is 0 Å². The Hall–Kier alpha value is -2.70. The van der Waals surface area contributed by atoms with E-state index in [4.69, 9.17) is 0 Å². The number of aromatic nitrogens is 2. The number of rotatable bonds is 2. The van der Waals surface area contributed by atoms with Gasteiger partial charge in [0.2, 0.25) is 5.91 Å². The Kier molecular flexibility index (Phi) is 4.49. The summed E-state index contributed by atoms with van der Waals surface area (Å²) in [4.78, 5) is 36.4. The minimum atomic E-state index is -0.634. The summed E-state index contributed by atoms with van der Waals surface area (Å²) in [5.74, 6) is -0.889. The van der Waals surface area contributed by atoms with Crippen molar-refractivity contribution in [1.29, 1.82) is 0 Å². The number of aryl methyl sites for hydroxylation is 1. The van der Waals surface area contributed by atoms with Crippen molar-refractivity contribution < 1.29 is 9.59 Å². The van der Waals surface area contributed by atoms with E-state index in [1.165, 1.54) is 4.68 Å². The number of hydrogen-bond donors (Lipinski definition) is 2. The molecule has 0 saturated heterocycles. The zero-order valence-corrected chi connectivity index (χ0v) is 13.6. The average molecular weight is 316 g/mol. The van der Waals surface area contributed by atoms with Gasteiger partial charge in [0.25, 0.3) is 11.5 Å². The summed E-state index contributed by atoms with van der Waals surface area (Å²) in [6.07, 6.45) is 0. The van der Waals surface area contributed by atoms with Crippen LogP contribution in [0.15, 0.2) is 29.1 Å². The van der Waals surface area contributed by atoms with Crippen molar-refractivity contribution in [3.05, 3.63) is 40.3 Å². The van der Waals surface area contributed by atoms with Crippen LogP contribution < -0.4 is 16.4 Å². The van der Waals surface area contributed by atoms with Gasteiger partial charge in [-0.3, -0.25) is 25.2 Å². The third-order valence-electron chi connectivity index (χ3n) is 3.35. The SMILES string of the molecule is CCn1nc(C(=O)NNC(=O)C(C)(C)C)c2ccccc2c1=O. The molecule has 0 fully saturated rings. The van der Waals surface area contributed by atoms with Crippen molar-refractivity contribution in [2.24, 2.45) is 5.41 Å². The van der Waals surface area contributed by atoms with E-state index in [2.05, 4.69) is 16.0 Å². The first kappa shape index (κ1) is 16.7. The van der Waals surface area contributed by atoms with E-state index in [-0.39, 0.29) is 17.2 Å². The molecule has 0 radical (unpaired) electrons. The Morgan fingerprint density at radius 2 is 1.74 bits per heavy atom. The number of fused-ring (bicyclic) bond motifs is 1. The molecule has 2 aromatic rings. The maximum atomic E-state index is 12.4. The molecule has 0 saturated carbocycles. The average Bonchev–Trinajstić information content (AvgIpc) is 2.52. The molecule has 0 atom stereocenters. The minimum absolute atomic E-state index is 0.0938. The largest absolute Gasteiger partial charge is 0.290 e. The summed E-state index contributed by atoms with van der Waals surface area (Å²) in [5, 5.41) is 4.96. The second-order valence-corrected chi connectivity index (χ2v) is 6.17. The first-order chi connectivity index (χ1) is 10.8. The molecule has 23 heavy (non-hydrogen) atoms. The van der Waals surface area contributed by atoms with E-state index >= 15 is 0 Å². The number of hydrazine groups is 1. The van der Waals surface area contributed by atoms with E-state index < -0.39 is 11.3 Å². The summed E-state index contributed by atoms with van der Waals surface area (Å²) in [6.45, 7) is 7.32. The maximum absolute atomic E-state index is 12.4. The molecular weight excluding hydrogens is 296 g/mol. The van der Waals surface area contributed by atoms with E-state index in [0.717, 1.165) is 0 Å². The zero-order valence-electron chi connectivity index (χ0n) is 13.6. The molecule has 0 aliphatic carbocycles. The minimum Gasteiger partial charge on any atom is -0.273 e. The summed E-state index contributed by atoms with van der Waals surface area (Å²) in [6, 6.07) is 6.76. The van der Waals surface area contributed by atoms with Gasteiger partial charge < -0.3 is 0 Å². The van der Waals surface area contributed by atoms with Crippen LogP contribution in [0.3, 0.4) is 0 Å². The van der Waals surface area contributed by atoms with Gasteiger partial charge in [0.05, 0.1) is 5.39 Å². The summed E-state index contributed by atoms with van der Waals surface area (Å²) in [7, 11) is 0. The molecule has 2 rings (SSSR count). The summed E-state index contributed by atoms with van der Waals surface area (Å²) >= 11 is 0. The summed E-state index contributed by atoms with van der Waals surface area (Å²) < 4.78 is 1.23. The maximum Gasteiger partial charge on any atom is 0.290 e. The molecule has 0 aliphatic heterocycles. The third kappa shape index (κ3) is 3.39. The molecule has 0 aliphatic rings. The molecule has 1 heterocycles. The van der Waals surface area contributed by atoms with Gasteiger partial charge in [-0.25, -0.2) is 4.68 Å². The van der Waals surface area contributed by atoms with Crippen molar-refractivity contribution >= 4 is 22.6 Å². The van der Waals surface area contributed by atoms with Crippen LogP contribution in [0.25, 0.3) is 10.8 Å². The van der Waals surface area contributed by atoms with Gasteiger partial charge in [0, 0.05) is 17.3 Å². The predicted octanol–water partition coefficient (Wildman–Crippen LogP) is 1.22. The number of nitrogens with one attached hydrogen (secondary N) is 2. The quantitative estimate of drug-likeness (QED) is 0.815. The topological polar surface area (TPSA) is 93.1 Å². The second-order valence-electron chi connectivity index (χ2n) is 6.17. The highest BCUT2D eigenvalue weighted by molar-refractivity contribution is 6.05. The van der Waals surface area contributed by atoms with Crippen LogP contribution in [0.2, 0.25) is 0 Å². The van der Waals surface area contributed by atoms with Gasteiger partial charge in [0.1, 0.15) is 0 Å². The highest BCUT2D eigenvalue weighted by Crippen LogP contribution is 2.14. The molecule has 0 unspecified atom stereocenters. The highest BCUT2D eigenvalue weighted by Gasteiger charge is 2.23. The van der Waals surface area contributed by atoms with Crippen molar-refractivity contribution in [3.63, 3.8) is 0 Å². The lowest BCUT2D eigenvalue weighted by Crippen LogP contribution is -2.47. The Bertz CT molecular complexity index is 818. The van der Waals surface area contributed by atoms with Crippen LogP contribution in [-0.2, 0) is 11.3 Å². The van der Waals surface area contributed by atoms with Gasteiger partial charge in [-0.15, -0.1) is 0 Å². The Morgan fingerprint density at radius 1 is 1.13 bits per heavy atom. The molecule has 1 aromatic heterocycles. The zero-order chi connectivity index (χ0) is 17.2. The first-order valence-corrected chi connectivity index (χ1v) is 7.36. The monoisotopic (exact) mass is 316 g/mol. The number of benzene rings is 1. The standard InChI is InChI=1S/C16H20N4O3/c1-5-20-14(22)11-9-7-6-8-10(11)12(19-20)13(21)17-18-15(23)16(2,3)4/h6-9H,5H2,1-4H3,(H,17,21)(H,18,23). The fourth-order valence-electron chi connectivity index (χ4n) is 1.98. The second kappa shape index (κ2) is 6.20. The number of carbonyl (C=O) groups excluding carboxylic acids is 2. The molecule has 7 nitrogen and oxygen atoms in total. The van der Waals surface area contributed by atoms with Crippen molar-refractivity contribution in [3.8, 4) is 0 Å². The lowest BCUT2D eigenvalue weighted by Gasteiger charge is -2.18. The lowest BCUT2D eigenvalue weighted by molar-refractivity contribution is -0.129. The van der Waals surface area contributed by atoms with Gasteiger partial charge >= 0.3 is 0 Å². The van der Waals surface area contributed by atoms with Crippen LogP contribution in [0.4, 0.5) is 0 Å². The van der Waals surface area contributed by atoms with E-state index in [9.17, 15) is 14.4 Å². The normalized spacial score (nSPS) is 11.3. The van der Waals surface area contributed by atoms with Crippen molar-refractivity contribution in [2.45, 2.75) is 34.2 Å². The number of amides is 2. The van der Waals surface area contributed by atoms with Crippen LogP contribution >= 0.6 is 0 Å². The first-order valence-electron chi connectivity index (χ1n) is 7.36. The number of hydrogen-bond acceptors (Lipinski definition) is 4. The molecule has 2 amide bonds. The van der Waals surface area contributed by atoms with Gasteiger partial charge in [-0.2, -0.15) is 5.10 Å². The third-order valence-corrected chi connectivity index (χ3v) is 3.35. The fourth-order valence-corrected chi connectivity index (χ4v) is 1.98. The molecular formula is C16H20N4O3. The molecule has 0 spiro atoms. The van der Waals surface area contributed by atoms with Crippen LogP contribution in [-0.4, -0.2) is 21.6 Å². The Balaban J connectivity index is 2.39. The van der Waals surface area contributed by atoms with E-state index in [0.29, 0.717) is 17.3 Å². The molecule has 2 N–H and O–H groups in total. The van der Waals surface area contributed by atoms with E-state index in [1.54, 1.807) is 52.0 Å². The Morgan fingerprint density at radius 3 is 2.30 bits per heavy atom. The molecule has 1 aromatic carbocycles. The van der Waals surface area contributed by atoms with Crippen molar-refractivity contribution in [2.75, 3.05) is 0 Å². The molecule has 7 heteroatoms. The lowest BCUT2D eigenvalue weighted by atomic mass is 9.96. The summed E-state index contributed by atoms with van der Waals surface area (Å²) in [5.41, 5.74) is 3.93. The number of carbonyl (C=O) groups is 2. The molecule has 122 valence electrons. The van der Waals surface area contributed by atoms with Crippen molar-refractivity contribution in [1.82, 2.24) is 20.6 Å².